The maximum absolute atomic E-state index is 11.6. The molecule has 0 aliphatic rings. The SMILES string of the molecule is NC(CNC(=O)c1ccon1)c1ccccc1. The lowest BCUT2D eigenvalue weighted by atomic mass is 10.1. The van der Waals surface area contributed by atoms with Gasteiger partial charge in [0.15, 0.2) is 5.69 Å². The molecule has 0 radical (unpaired) electrons. The Balaban J connectivity index is 1.89. The van der Waals surface area contributed by atoms with Gasteiger partial charge < -0.3 is 15.6 Å². The van der Waals surface area contributed by atoms with E-state index in [4.69, 9.17) is 5.73 Å². The lowest BCUT2D eigenvalue weighted by Crippen LogP contribution is -2.32. The average Bonchev–Trinajstić information content (AvgIpc) is 2.90. The normalized spacial score (nSPS) is 12.1. The topological polar surface area (TPSA) is 81.1 Å². The lowest BCUT2D eigenvalue weighted by Gasteiger charge is -2.12. The Kier molecular flexibility index (Phi) is 3.52. The van der Waals surface area contributed by atoms with Gasteiger partial charge in [-0.15, -0.1) is 0 Å². The minimum absolute atomic E-state index is 0.230. The van der Waals surface area contributed by atoms with E-state index in [1.165, 1.54) is 12.3 Å². The average molecular weight is 231 g/mol. The van der Waals surface area contributed by atoms with Gasteiger partial charge in [-0.3, -0.25) is 4.79 Å². The second-order valence-electron chi connectivity index (χ2n) is 3.61. The smallest absolute Gasteiger partial charge is 0.273 e. The molecule has 88 valence electrons. The minimum Gasteiger partial charge on any atom is -0.364 e. The number of hydrogen-bond acceptors (Lipinski definition) is 4. The fraction of sp³-hybridized carbons (Fsp3) is 0.167. The van der Waals surface area contributed by atoms with Crippen LogP contribution in [-0.2, 0) is 0 Å². The summed E-state index contributed by atoms with van der Waals surface area (Å²) in [6.07, 6.45) is 1.35. The molecule has 2 aromatic rings. The van der Waals surface area contributed by atoms with Crippen molar-refractivity contribution >= 4 is 5.91 Å². The molecule has 1 amide bonds. The Bertz CT molecular complexity index is 468. The number of nitrogens with one attached hydrogen (secondary N) is 1. The van der Waals surface area contributed by atoms with Crippen molar-refractivity contribution in [1.29, 1.82) is 0 Å². The van der Waals surface area contributed by atoms with E-state index in [9.17, 15) is 4.79 Å². The summed E-state index contributed by atoms with van der Waals surface area (Å²) < 4.78 is 4.58. The maximum Gasteiger partial charge on any atom is 0.273 e. The standard InChI is InChI=1S/C12H13N3O2/c13-10(9-4-2-1-3-5-9)8-14-12(16)11-6-7-17-15-11/h1-7,10H,8,13H2,(H,14,16). The Labute approximate surface area is 98.6 Å². The van der Waals surface area contributed by atoms with Crippen LogP contribution in [0.15, 0.2) is 47.2 Å². The predicted molar refractivity (Wildman–Crippen MR) is 62.2 cm³/mol. The quantitative estimate of drug-likeness (QED) is 0.825. The van der Waals surface area contributed by atoms with Gasteiger partial charge >= 0.3 is 0 Å². The van der Waals surface area contributed by atoms with Gasteiger partial charge in [-0.1, -0.05) is 35.5 Å². The molecule has 1 unspecified atom stereocenters. The largest absolute Gasteiger partial charge is 0.364 e. The molecule has 0 spiro atoms. The lowest BCUT2D eigenvalue weighted by molar-refractivity contribution is 0.0942. The van der Waals surface area contributed by atoms with E-state index in [0.717, 1.165) is 5.56 Å². The van der Waals surface area contributed by atoms with Crippen molar-refractivity contribution in [2.24, 2.45) is 5.73 Å². The number of nitrogens with two attached hydrogens (primary N) is 1. The molecule has 0 aliphatic heterocycles. The van der Waals surface area contributed by atoms with E-state index in [-0.39, 0.29) is 17.6 Å². The molecule has 2 rings (SSSR count). The highest BCUT2D eigenvalue weighted by Crippen LogP contribution is 2.08. The van der Waals surface area contributed by atoms with E-state index in [0.29, 0.717) is 6.54 Å². The number of nitrogens with zero attached hydrogens (tertiary/aromatic N) is 1. The first kappa shape index (κ1) is 11.3. The molecule has 0 saturated heterocycles. The fourth-order valence-electron chi connectivity index (χ4n) is 1.44. The van der Waals surface area contributed by atoms with E-state index in [1.807, 2.05) is 30.3 Å². The Morgan fingerprint density at radius 1 is 1.35 bits per heavy atom. The monoisotopic (exact) mass is 231 g/mol. The molecule has 17 heavy (non-hydrogen) atoms. The molecule has 0 saturated carbocycles. The van der Waals surface area contributed by atoms with Gasteiger partial charge in [0.05, 0.1) is 0 Å². The van der Waals surface area contributed by atoms with Gasteiger partial charge in [0.25, 0.3) is 5.91 Å². The van der Waals surface area contributed by atoms with E-state index in [1.54, 1.807) is 0 Å². The first-order chi connectivity index (χ1) is 8.27. The highest BCUT2D eigenvalue weighted by Gasteiger charge is 2.11. The second-order valence-corrected chi connectivity index (χ2v) is 3.61. The van der Waals surface area contributed by atoms with Crippen LogP contribution in [0.2, 0.25) is 0 Å². The minimum atomic E-state index is -0.287. The second kappa shape index (κ2) is 5.27. The highest BCUT2D eigenvalue weighted by molar-refractivity contribution is 5.91. The van der Waals surface area contributed by atoms with Gasteiger partial charge in [-0.05, 0) is 5.56 Å². The van der Waals surface area contributed by atoms with Crippen LogP contribution in [0.5, 0.6) is 0 Å². The summed E-state index contributed by atoms with van der Waals surface area (Å²) in [7, 11) is 0. The zero-order valence-corrected chi connectivity index (χ0v) is 9.17. The Hall–Kier alpha value is -2.14. The van der Waals surface area contributed by atoms with Crippen LogP contribution in [0.3, 0.4) is 0 Å². The van der Waals surface area contributed by atoms with Crippen molar-refractivity contribution in [3.05, 3.63) is 53.9 Å². The first-order valence-corrected chi connectivity index (χ1v) is 5.26. The molecule has 1 atom stereocenters. The number of amides is 1. The van der Waals surface area contributed by atoms with Gasteiger partial charge in [0, 0.05) is 18.7 Å². The molecule has 0 bridgehead atoms. The maximum atomic E-state index is 11.6. The van der Waals surface area contributed by atoms with Crippen LogP contribution < -0.4 is 11.1 Å². The number of rotatable bonds is 4. The number of aromatic nitrogens is 1. The number of benzene rings is 1. The molecule has 0 aliphatic carbocycles. The zero-order valence-electron chi connectivity index (χ0n) is 9.17. The van der Waals surface area contributed by atoms with Crippen LogP contribution >= 0.6 is 0 Å². The molecule has 5 nitrogen and oxygen atoms in total. The summed E-state index contributed by atoms with van der Waals surface area (Å²) in [5, 5.41) is 6.24. The van der Waals surface area contributed by atoms with Gasteiger partial charge in [-0.2, -0.15) is 0 Å². The van der Waals surface area contributed by atoms with Crippen molar-refractivity contribution in [3.8, 4) is 0 Å². The molecular formula is C12H13N3O2. The van der Waals surface area contributed by atoms with E-state index >= 15 is 0 Å². The molecular weight excluding hydrogens is 218 g/mol. The molecule has 1 aromatic heterocycles. The van der Waals surface area contributed by atoms with Crippen LogP contribution in [0.25, 0.3) is 0 Å². The van der Waals surface area contributed by atoms with Crippen LogP contribution in [0.4, 0.5) is 0 Å². The van der Waals surface area contributed by atoms with Crippen molar-refractivity contribution < 1.29 is 9.32 Å². The third kappa shape index (κ3) is 2.92. The van der Waals surface area contributed by atoms with Crippen molar-refractivity contribution in [2.75, 3.05) is 6.54 Å². The van der Waals surface area contributed by atoms with Gasteiger partial charge in [0.2, 0.25) is 0 Å². The summed E-state index contributed by atoms with van der Waals surface area (Å²) in [4.78, 5) is 11.6. The summed E-state index contributed by atoms with van der Waals surface area (Å²) in [5.74, 6) is -0.287. The Morgan fingerprint density at radius 2 is 2.12 bits per heavy atom. The Morgan fingerprint density at radius 3 is 2.76 bits per heavy atom. The van der Waals surface area contributed by atoms with Crippen LogP contribution in [-0.4, -0.2) is 17.6 Å². The number of carbonyl (C=O) groups excluding carboxylic acids is 1. The number of carbonyl (C=O) groups is 1. The predicted octanol–water partition coefficient (Wildman–Crippen LogP) is 1.10. The first-order valence-electron chi connectivity index (χ1n) is 5.26. The van der Waals surface area contributed by atoms with Crippen molar-refractivity contribution in [2.45, 2.75) is 6.04 Å². The molecule has 1 aromatic carbocycles. The van der Waals surface area contributed by atoms with Crippen molar-refractivity contribution in [3.63, 3.8) is 0 Å². The van der Waals surface area contributed by atoms with Crippen LogP contribution in [0.1, 0.15) is 22.1 Å². The summed E-state index contributed by atoms with van der Waals surface area (Å²) >= 11 is 0. The fourth-order valence-corrected chi connectivity index (χ4v) is 1.44. The van der Waals surface area contributed by atoms with E-state index < -0.39 is 0 Å². The summed E-state index contributed by atoms with van der Waals surface area (Å²) in [5.41, 5.74) is 7.17. The van der Waals surface area contributed by atoms with Gasteiger partial charge in [0.1, 0.15) is 6.26 Å². The highest BCUT2D eigenvalue weighted by atomic mass is 16.5. The third-order valence-corrected chi connectivity index (χ3v) is 2.38. The molecule has 5 heteroatoms. The van der Waals surface area contributed by atoms with E-state index in [2.05, 4.69) is 15.0 Å². The van der Waals surface area contributed by atoms with Gasteiger partial charge in [-0.25, -0.2) is 0 Å². The molecule has 0 fully saturated rings. The zero-order chi connectivity index (χ0) is 12.1. The number of hydrogen-bond donors (Lipinski definition) is 2. The summed E-state index contributed by atoms with van der Waals surface area (Å²) in [6, 6.07) is 10.9. The van der Waals surface area contributed by atoms with Crippen LogP contribution in [0, 0.1) is 0 Å². The molecule has 3 N–H and O–H groups in total. The third-order valence-electron chi connectivity index (χ3n) is 2.38. The molecule has 1 heterocycles. The summed E-state index contributed by atoms with van der Waals surface area (Å²) in [6.45, 7) is 0.357. The van der Waals surface area contributed by atoms with Crippen molar-refractivity contribution in [1.82, 2.24) is 10.5 Å².